The fraction of sp³-hybridized carbons (Fsp3) is 0.500. The molecule has 0 saturated heterocycles. The van der Waals surface area contributed by atoms with E-state index >= 15 is 0 Å². The maximum absolute atomic E-state index is 12.2. The highest BCUT2D eigenvalue weighted by atomic mass is 79.9. The summed E-state index contributed by atoms with van der Waals surface area (Å²) in [5.41, 5.74) is 1.35. The van der Waals surface area contributed by atoms with Crippen molar-refractivity contribution in [1.82, 2.24) is 0 Å². The molecule has 4 heteroatoms. The van der Waals surface area contributed by atoms with Gasteiger partial charge in [0.05, 0.1) is 11.3 Å². The number of halogens is 1. The highest BCUT2D eigenvalue weighted by Crippen LogP contribution is 2.49. The lowest BCUT2D eigenvalue weighted by Gasteiger charge is -2.27. The van der Waals surface area contributed by atoms with Gasteiger partial charge in [-0.05, 0) is 55.2 Å². The average molecular weight is 334 g/mol. The molecule has 104 valence electrons. The van der Waals surface area contributed by atoms with Crippen molar-refractivity contribution in [2.75, 3.05) is 11.4 Å². The molecule has 3 atom stereocenters. The third-order valence-corrected chi connectivity index (χ3v) is 5.73. The fourth-order valence-electron chi connectivity index (χ4n) is 4.29. The van der Waals surface area contributed by atoms with Gasteiger partial charge in [-0.15, -0.1) is 0 Å². The van der Waals surface area contributed by atoms with E-state index in [0.717, 1.165) is 28.5 Å². The summed E-state index contributed by atoms with van der Waals surface area (Å²) in [6.07, 6.45) is 5.22. The molecule has 1 aromatic carbocycles. The maximum atomic E-state index is 12.2. The molecule has 20 heavy (non-hydrogen) atoms. The van der Waals surface area contributed by atoms with E-state index in [-0.39, 0.29) is 11.7 Å². The number of nitrogens with zero attached hydrogens (tertiary/aromatic N) is 1. The van der Waals surface area contributed by atoms with E-state index in [4.69, 9.17) is 0 Å². The van der Waals surface area contributed by atoms with E-state index in [0.29, 0.717) is 11.5 Å². The number of hydrogen-bond acceptors (Lipinski definition) is 2. The summed E-state index contributed by atoms with van der Waals surface area (Å²) in [7, 11) is 0. The summed E-state index contributed by atoms with van der Waals surface area (Å²) < 4.78 is 0.846. The third-order valence-electron chi connectivity index (χ3n) is 5.24. The Balaban J connectivity index is 1.63. The van der Waals surface area contributed by atoms with Crippen molar-refractivity contribution in [1.29, 1.82) is 0 Å². The fourth-order valence-corrected chi connectivity index (χ4v) is 4.65. The molecule has 1 heterocycles. The number of anilines is 1. The van der Waals surface area contributed by atoms with Crippen LogP contribution in [0.25, 0.3) is 0 Å². The molecule has 0 aromatic heterocycles. The SMILES string of the molecule is O=C1C(=O)N(CC2CC3CCC2C3)c2ccc(Br)cc21. The van der Waals surface area contributed by atoms with E-state index in [1.54, 1.807) is 11.0 Å². The maximum Gasteiger partial charge on any atom is 0.299 e. The van der Waals surface area contributed by atoms with Crippen LogP contribution < -0.4 is 4.90 Å². The van der Waals surface area contributed by atoms with Gasteiger partial charge in [0.25, 0.3) is 11.7 Å². The molecule has 3 aliphatic rings. The first-order valence-corrected chi connectivity index (χ1v) is 8.08. The number of rotatable bonds is 2. The number of Topliss-reactive ketones (excluding diaryl/α,β-unsaturated/α-hetero) is 1. The summed E-state index contributed by atoms with van der Waals surface area (Å²) in [4.78, 5) is 26.0. The van der Waals surface area contributed by atoms with Crippen LogP contribution in [-0.4, -0.2) is 18.2 Å². The van der Waals surface area contributed by atoms with E-state index < -0.39 is 0 Å². The number of ketones is 1. The molecule has 0 radical (unpaired) electrons. The number of carbonyl (C=O) groups is 2. The predicted molar refractivity (Wildman–Crippen MR) is 79.8 cm³/mol. The molecular weight excluding hydrogens is 318 g/mol. The first-order valence-electron chi connectivity index (χ1n) is 7.29. The summed E-state index contributed by atoms with van der Waals surface area (Å²) >= 11 is 3.36. The van der Waals surface area contributed by atoms with Gasteiger partial charge in [0.15, 0.2) is 0 Å². The summed E-state index contributed by atoms with van der Waals surface area (Å²) in [5, 5.41) is 0. The number of hydrogen-bond donors (Lipinski definition) is 0. The van der Waals surface area contributed by atoms with Crippen molar-refractivity contribution >= 4 is 33.3 Å². The third kappa shape index (κ3) is 1.77. The van der Waals surface area contributed by atoms with Gasteiger partial charge < -0.3 is 4.90 Å². The predicted octanol–water partition coefficient (Wildman–Crippen LogP) is 3.41. The molecule has 2 aliphatic carbocycles. The average Bonchev–Trinajstić information content (AvgIpc) is 3.10. The Kier molecular flexibility index (Phi) is 2.78. The van der Waals surface area contributed by atoms with Crippen LogP contribution in [0.1, 0.15) is 36.0 Å². The zero-order valence-electron chi connectivity index (χ0n) is 11.1. The van der Waals surface area contributed by atoms with Gasteiger partial charge in [-0.3, -0.25) is 9.59 Å². The van der Waals surface area contributed by atoms with E-state index in [1.165, 1.54) is 25.7 Å². The molecule has 2 saturated carbocycles. The van der Waals surface area contributed by atoms with E-state index in [2.05, 4.69) is 15.9 Å². The van der Waals surface area contributed by atoms with Crippen LogP contribution in [0.2, 0.25) is 0 Å². The van der Waals surface area contributed by atoms with Gasteiger partial charge in [-0.2, -0.15) is 0 Å². The van der Waals surface area contributed by atoms with Crippen molar-refractivity contribution in [3.63, 3.8) is 0 Å². The van der Waals surface area contributed by atoms with Gasteiger partial charge in [0.2, 0.25) is 0 Å². The van der Waals surface area contributed by atoms with Crippen LogP contribution in [0.15, 0.2) is 22.7 Å². The van der Waals surface area contributed by atoms with Gasteiger partial charge in [0, 0.05) is 11.0 Å². The minimum absolute atomic E-state index is 0.346. The molecule has 1 aromatic rings. The molecule has 1 aliphatic heterocycles. The Morgan fingerprint density at radius 1 is 1.20 bits per heavy atom. The quantitative estimate of drug-likeness (QED) is 0.777. The second kappa shape index (κ2) is 4.42. The molecule has 4 rings (SSSR count). The van der Waals surface area contributed by atoms with Gasteiger partial charge in [-0.25, -0.2) is 0 Å². The summed E-state index contributed by atoms with van der Waals surface area (Å²) in [5.74, 6) is 1.51. The van der Waals surface area contributed by atoms with Crippen molar-refractivity contribution in [3.05, 3.63) is 28.2 Å². The first kappa shape index (κ1) is 12.6. The van der Waals surface area contributed by atoms with Gasteiger partial charge in [-0.1, -0.05) is 22.4 Å². The lowest BCUT2D eigenvalue weighted by molar-refractivity contribution is -0.114. The largest absolute Gasteiger partial charge is 0.304 e. The molecule has 0 spiro atoms. The summed E-state index contributed by atoms with van der Waals surface area (Å²) in [6, 6.07) is 5.55. The van der Waals surface area contributed by atoms with Crippen LogP contribution in [0.4, 0.5) is 5.69 Å². The van der Waals surface area contributed by atoms with Crippen LogP contribution in [0.3, 0.4) is 0 Å². The normalized spacial score (nSPS) is 31.2. The van der Waals surface area contributed by atoms with Crippen molar-refractivity contribution in [2.24, 2.45) is 17.8 Å². The lowest BCUT2D eigenvalue weighted by atomic mass is 9.88. The minimum atomic E-state index is -0.357. The molecule has 2 fully saturated rings. The Morgan fingerprint density at radius 2 is 2.05 bits per heavy atom. The second-order valence-electron chi connectivity index (χ2n) is 6.34. The molecule has 1 amide bonds. The molecular formula is C16H16BrNO2. The van der Waals surface area contributed by atoms with Crippen molar-refractivity contribution in [2.45, 2.75) is 25.7 Å². The molecule has 2 bridgehead atoms. The number of carbonyl (C=O) groups excluding carboxylic acids is 2. The Morgan fingerprint density at radius 3 is 2.75 bits per heavy atom. The zero-order chi connectivity index (χ0) is 13.9. The van der Waals surface area contributed by atoms with E-state index in [1.807, 2.05) is 12.1 Å². The smallest absolute Gasteiger partial charge is 0.299 e. The van der Waals surface area contributed by atoms with Crippen LogP contribution in [0.5, 0.6) is 0 Å². The Bertz CT molecular complexity index is 612. The first-order chi connectivity index (χ1) is 9.63. The van der Waals surface area contributed by atoms with Crippen molar-refractivity contribution < 1.29 is 9.59 Å². The minimum Gasteiger partial charge on any atom is -0.304 e. The monoisotopic (exact) mass is 333 g/mol. The van der Waals surface area contributed by atoms with Crippen molar-refractivity contribution in [3.8, 4) is 0 Å². The topological polar surface area (TPSA) is 37.4 Å². The second-order valence-corrected chi connectivity index (χ2v) is 7.26. The molecule has 3 unspecified atom stereocenters. The van der Waals surface area contributed by atoms with Gasteiger partial charge in [0.1, 0.15) is 0 Å². The zero-order valence-corrected chi connectivity index (χ0v) is 12.7. The highest BCUT2D eigenvalue weighted by molar-refractivity contribution is 9.10. The van der Waals surface area contributed by atoms with Crippen LogP contribution in [0, 0.1) is 17.8 Å². The Hall–Kier alpha value is -1.16. The standard InChI is InChI=1S/C16H16BrNO2/c17-12-3-4-14-13(7-12)15(19)16(20)18(14)8-11-6-9-1-2-10(11)5-9/h3-4,7,9-11H,1-2,5-6,8H2. The van der Waals surface area contributed by atoms with Gasteiger partial charge >= 0.3 is 0 Å². The molecule has 3 nitrogen and oxygen atoms in total. The van der Waals surface area contributed by atoms with Crippen LogP contribution in [-0.2, 0) is 4.79 Å². The number of amides is 1. The summed E-state index contributed by atoms with van der Waals surface area (Å²) in [6.45, 7) is 0.723. The highest BCUT2D eigenvalue weighted by Gasteiger charge is 2.43. The Labute approximate surface area is 126 Å². The number of fused-ring (bicyclic) bond motifs is 3. The van der Waals surface area contributed by atoms with E-state index in [9.17, 15) is 9.59 Å². The lowest BCUT2D eigenvalue weighted by Crippen LogP contribution is -2.36. The number of benzene rings is 1. The van der Waals surface area contributed by atoms with Crippen LogP contribution >= 0.6 is 15.9 Å². The molecule has 0 N–H and O–H groups in total.